The Bertz CT molecular complexity index is 1910. The van der Waals surface area contributed by atoms with Gasteiger partial charge < -0.3 is 11.1 Å². The van der Waals surface area contributed by atoms with Gasteiger partial charge in [0.2, 0.25) is 0 Å². The molecule has 1 amide bonds. The summed E-state index contributed by atoms with van der Waals surface area (Å²) in [7, 11) is 1.86. The van der Waals surface area contributed by atoms with Gasteiger partial charge in [0.15, 0.2) is 17.2 Å². The fraction of sp³-hybridized carbons (Fsp3) is 0.100. The maximum absolute atomic E-state index is 13.4. The highest BCUT2D eigenvalue weighted by Crippen LogP contribution is 2.32. The van der Waals surface area contributed by atoms with Crippen molar-refractivity contribution in [1.82, 2.24) is 34.7 Å². The lowest BCUT2D eigenvalue weighted by atomic mass is 9.96. The average Bonchev–Trinajstić information content (AvgIpc) is 3.52. The van der Waals surface area contributed by atoms with Crippen molar-refractivity contribution in [1.29, 1.82) is 0 Å². The van der Waals surface area contributed by atoms with Crippen LogP contribution < -0.4 is 11.1 Å². The Balaban J connectivity index is 1.43. The maximum atomic E-state index is 13.4. The summed E-state index contributed by atoms with van der Waals surface area (Å²) in [5.41, 5.74) is 11.8. The molecule has 3 N–H and O–H groups in total. The van der Waals surface area contributed by atoms with E-state index in [2.05, 4.69) is 38.4 Å². The number of amides is 1. The van der Waals surface area contributed by atoms with E-state index in [1.54, 1.807) is 29.2 Å². The summed E-state index contributed by atoms with van der Waals surface area (Å²) in [6, 6.07) is 21.0. The molecular weight excluding hydrogens is 488 g/mol. The zero-order chi connectivity index (χ0) is 26.9. The molecule has 0 bridgehead atoms. The number of aromatic nitrogens is 6. The fourth-order valence-electron chi connectivity index (χ4n) is 4.58. The van der Waals surface area contributed by atoms with Crippen LogP contribution in [0.15, 0.2) is 85.3 Å². The minimum absolute atomic E-state index is 0.116. The van der Waals surface area contributed by atoms with Crippen LogP contribution in [-0.4, -0.2) is 35.3 Å². The molecule has 0 saturated heterocycles. The van der Waals surface area contributed by atoms with E-state index in [0.29, 0.717) is 5.65 Å². The normalized spacial score (nSPS) is 11.7. The zero-order valence-corrected chi connectivity index (χ0v) is 21.3. The summed E-state index contributed by atoms with van der Waals surface area (Å²) in [4.78, 5) is 22.6. The van der Waals surface area contributed by atoms with Gasteiger partial charge in [0.05, 0.1) is 29.0 Å². The van der Waals surface area contributed by atoms with E-state index in [1.807, 2.05) is 68.7 Å². The Morgan fingerprint density at radius 2 is 1.85 bits per heavy atom. The van der Waals surface area contributed by atoms with Gasteiger partial charge in [0, 0.05) is 36.0 Å². The van der Waals surface area contributed by atoms with E-state index in [9.17, 15) is 4.79 Å². The van der Waals surface area contributed by atoms with E-state index < -0.39 is 6.04 Å². The molecule has 0 aliphatic rings. The first kappa shape index (κ1) is 23.9. The summed E-state index contributed by atoms with van der Waals surface area (Å²) in [5, 5.41) is 12.4. The lowest BCUT2D eigenvalue weighted by Gasteiger charge is -2.19. The van der Waals surface area contributed by atoms with Crippen LogP contribution in [0.3, 0.4) is 0 Å². The molecule has 0 aliphatic carbocycles. The van der Waals surface area contributed by atoms with Crippen molar-refractivity contribution >= 4 is 28.3 Å². The van der Waals surface area contributed by atoms with E-state index in [1.165, 1.54) is 4.52 Å². The molecule has 2 aromatic carbocycles. The number of carbonyl (C=O) groups excluding carboxylic acids is 1. The van der Waals surface area contributed by atoms with Crippen LogP contribution in [-0.2, 0) is 7.05 Å². The number of benzene rings is 2. The van der Waals surface area contributed by atoms with Gasteiger partial charge in [0.1, 0.15) is 0 Å². The number of anilines is 1. The van der Waals surface area contributed by atoms with Crippen molar-refractivity contribution in [2.75, 3.05) is 5.73 Å². The zero-order valence-electron chi connectivity index (χ0n) is 21.3. The van der Waals surface area contributed by atoms with Crippen LogP contribution in [0.25, 0.3) is 27.7 Å². The molecular formula is C30H24N8O. The quantitative estimate of drug-likeness (QED) is 0.343. The number of nitrogens with one attached hydrogen (secondary N) is 1. The molecule has 0 radical (unpaired) electrons. The van der Waals surface area contributed by atoms with Crippen molar-refractivity contribution in [3.05, 3.63) is 108 Å². The summed E-state index contributed by atoms with van der Waals surface area (Å²) in [6.07, 6.45) is 5.20. The number of pyridine rings is 1. The van der Waals surface area contributed by atoms with Crippen LogP contribution >= 0.6 is 0 Å². The van der Waals surface area contributed by atoms with Gasteiger partial charge in [-0.1, -0.05) is 48.2 Å². The molecule has 0 aliphatic heterocycles. The van der Waals surface area contributed by atoms with Crippen LogP contribution in [0.1, 0.15) is 40.3 Å². The third-order valence-corrected chi connectivity index (χ3v) is 6.41. The first-order valence-electron chi connectivity index (χ1n) is 12.4. The number of nitrogens with two attached hydrogens (primary N) is 1. The first-order chi connectivity index (χ1) is 19.0. The topological polar surface area (TPSA) is 116 Å². The number of nitrogens with zero attached hydrogens (tertiary/aromatic N) is 6. The van der Waals surface area contributed by atoms with E-state index in [0.717, 1.165) is 38.9 Å². The van der Waals surface area contributed by atoms with Gasteiger partial charge in [-0.15, -0.1) is 0 Å². The third-order valence-electron chi connectivity index (χ3n) is 6.41. The second-order valence-corrected chi connectivity index (χ2v) is 9.15. The third kappa shape index (κ3) is 4.55. The second kappa shape index (κ2) is 9.76. The number of imidazole rings is 1. The predicted molar refractivity (Wildman–Crippen MR) is 150 cm³/mol. The van der Waals surface area contributed by atoms with Crippen molar-refractivity contribution in [3.63, 3.8) is 0 Å². The number of aryl methyl sites for hydroxylation is 1. The minimum atomic E-state index is -0.448. The molecule has 9 nitrogen and oxygen atoms in total. The lowest BCUT2D eigenvalue weighted by molar-refractivity contribution is 0.0933. The Morgan fingerprint density at radius 3 is 2.64 bits per heavy atom. The molecule has 4 aromatic heterocycles. The molecule has 6 rings (SSSR count). The molecule has 0 unspecified atom stereocenters. The summed E-state index contributed by atoms with van der Waals surface area (Å²) >= 11 is 0. The van der Waals surface area contributed by atoms with Gasteiger partial charge in [-0.3, -0.25) is 9.48 Å². The predicted octanol–water partition coefficient (Wildman–Crippen LogP) is 4.15. The Labute approximate surface area is 224 Å². The number of nitrogen functional groups attached to an aromatic ring is 1. The molecule has 190 valence electrons. The Morgan fingerprint density at radius 1 is 1.00 bits per heavy atom. The van der Waals surface area contributed by atoms with Crippen LogP contribution in [0.2, 0.25) is 0 Å². The van der Waals surface area contributed by atoms with Gasteiger partial charge in [-0.25, -0.2) is 14.5 Å². The van der Waals surface area contributed by atoms with Crippen LogP contribution in [0, 0.1) is 11.8 Å². The highest BCUT2D eigenvalue weighted by Gasteiger charge is 2.23. The van der Waals surface area contributed by atoms with Crippen molar-refractivity contribution in [2.24, 2.45) is 7.05 Å². The van der Waals surface area contributed by atoms with Crippen LogP contribution in [0.5, 0.6) is 0 Å². The molecule has 0 saturated carbocycles. The molecule has 0 fully saturated rings. The van der Waals surface area contributed by atoms with E-state index >= 15 is 0 Å². The van der Waals surface area contributed by atoms with Crippen LogP contribution in [0.4, 0.5) is 5.82 Å². The molecule has 6 aromatic rings. The van der Waals surface area contributed by atoms with Gasteiger partial charge >= 0.3 is 0 Å². The highest BCUT2D eigenvalue weighted by atomic mass is 16.2. The summed E-state index contributed by atoms with van der Waals surface area (Å²) in [5.74, 6) is 6.19. The second-order valence-electron chi connectivity index (χ2n) is 9.15. The summed E-state index contributed by atoms with van der Waals surface area (Å²) in [6.45, 7) is 1.90. The Kier molecular flexibility index (Phi) is 5.98. The standard InChI is InChI=1S/C30H24N8O/c1-19(34-30(39)28-29(31)36-26-12-7-15-32-38(26)28)27-24(21-8-4-3-5-9-21)16-23-22(10-6-11-25(23)35-27)14-13-20-17-33-37(2)18-20/h3-12,15-19H,31H2,1-2H3,(H,34,39)/t19-/m1/s1. The largest absolute Gasteiger partial charge is 0.382 e. The smallest absolute Gasteiger partial charge is 0.274 e. The van der Waals surface area contributed by atoms with Gasteiger partial charge in [-0.2, -0.15) is 10.2 Å². The van der Waals surface area contributed by atoms with Gasteiger partial charge in [-0.05, 0) is 42.8 Å². The number of hydrogen-bond donors (Lipinski definition) is 2. The van der Waals surface area contributed by atoms with Gasteiger partial charge in [0.25, 0.3) is 5.91 Å². The maximum Gasteiger partial charge on any atom is 0.274 e. The minimum Gasteiger partial charge on any atom is -0.382 e. The molecule has 39 heavy (non-hydrogen) atoms. The molecule has 9 heteroatoms. The number of carbonyl (C=O) groups is 1. The molecule has 4 heterocycles. The number of hydrogen-bond acceptors (Lipinski definition) is 6. The van der Waals surface area contributed by atoms with E-state index in [4.69, 9.17) is 10.7 Å². The molecule has 0 spiro atoms. The Hall–Kier alpha value is -5.49. The number of fused-ring (bicyclic) bond motifs is 2. The first-order valence-corrected chi connectivity index (χ1v) is 12.4. The molecule has 1 atom stereocenters. The number of rotatable bonds is 4. The van der Waals surface area contributed by atoms with Crippen molar-refractivity contribution in [2.45, 2.75) is 13.0 Å². The highest BCUT2D eigenvalue weighted by molar-refractivity contribution is 5.98. The van der Waals surface area contributed by atoms with Crippen molar-refractivity contribution in [3.8, 4) is 23.0 Å². The summed E-state index contributed by atoms with van der Waals surface area (Å²) < 4.78 is 3.16. The monoisotopic (exact) mass is 512 g/mol. The lowest BCUT2D eigenvalue weighted by Crippen LogP contribution is -2.29. The van der Waals surface area contributed by atoms with E-state index in [-0.39, 0.29) is 17.4 Å². The van der Waals surface area contributed by atoms with Crippen molar-refractivity contribution < 1.29 is 4.79 Å². The average molecular weight is 513 g/mol. The fourth-order valence-corrected chi connectivity index (χ4v) is 4.58. The SMILES string of the molecule is C[C@@H](NC(=O)c1c(N)nc2cccnn12)c1nc2cccc(C#Cc3cnn(C)c3)c2cc1-c1ccccc1.